The Bertz CT molecular complexity index is 410. The molecule has 4 nitrogen and oxygen atoms in total. The van der Waals surface area contributed by atoms with Crippen LogP contribution in [-0.4, -0.2) is 19.2 Å². The predicted molar refractivity (Wildman–Crippen MR) is 66.3 cm³/mol. The topological polar surface area (TPSA) is 61.5 Å². The summed E-state index contributed by atoms with van der Waals surface area (Å²) in [6.07, 6.45) is 0.447. The number of ether oxygens (including phenoxy) is 2. The lowest BCUT2D eigenvalue weighted by Crippen LogP contribution is -2.49. The van der Waals surface area contributed by atoms with Crippen LogP contribution in [0.2, 0.25) is 0 Å². The van der Waals surface area contributed by atoms with E-state index in [1.165, 1.54) is 0 Å². The highest BCUT2D eigenvalue weighted by Crippen LogP contribution is 2.35. The zero-order valence-electron chi connectivity index (χ0n) is 9.64. The van der Waals surface area contributed by atoms with Gasteiger partial charge in [-0.05, 0) is 13.0 Å². The van der Waals surface area contributed by atoms with Gasteiger partial charge in [0, 0.05) is 12.0 Å². The predicted octanol–water partition coefficient (Wildman–Crippen LogP) is 1.61. The second kappa shape index (κ2) is 5.38. The molecule has 1 aromatic carbocycles. The normalized spacial score (nSPS) is 21.8. The van der Waals surface area contributed by atoms with Crippen molar-refractivity contribution in [2.24, 2.45) is 5.73 Å². The lowest BCUT2D eigenvalue weighted by molar-refractivity contribution is -0.151. The molecule has 17 heavy (non-hydrogen) atoms. The fourth-order valence-corrected chi connectivity index (χ4v) is 1.89. The maximum absolute atomic E-state index is 11.9. The van der Waals surface area contributed by atoms with Crippen LogP contribution in [0.5, 0.6) is 5.75 Å². The average Bonchev–Trinajstić information content (AvgIpc) is 2.30. The summed E-state index contributed by atoms with van der Waals surface area (Å²) in [5.41, 5.74) is 5.79. The van der Waals surface area contributed by atoms with Crippen LogP contribution < -0.4 is 10.5 Å². The van der Waals surface area contributed by atoms with Crippen LogP contribution in [0.25, 0.3) is 0 Å². The van der Waals surface area contributed by atoms with E-state index in [0.29, 0.717) is 30.9 Å². The molecule has 0 saturated heterocycles. The standard InChI is InChI=1S/C12H15NO3.ClH/c1-2-15-11(14)12(13)7-8-16-10-6-4-3-5-9(10)12;/h3-6H,2,7-8,13H2,1H3;1H. The Morgan fingerprint density at radius 3 is 2.94 bits per heavy atom. The Balaban J connectivity index is 0.00000144. The second-order valence-electron chi connectivity index (χ2n) is 3.79. The Morgan fingerprint density at radius 2 is 2.24 bits per heavy atom. The first-order valence-corrected chi connectivity index (χ1v) is 5.37. The van der Waals surface area contributed by atoms with E-state index in [1.807, 2.05) is 24.3 Å². The van der Waals surface area contributed by atoms with E-state index in [1.54, 1.807) is 6.92 Å². The highest BCUT2D eigenvalue weighted by Gasteiger charge is 2.42. The molecule has 2 N–H and O–H groups in total. The van der Waals surface area contributed by atoms with Crippen LogP contribution in [0.1, 0.15) is 18.9 Å². The molecule has 0 fully saturated rings. The van der Waals surface area contributed by atoms with E-state index >= 15 is 0 Å². The maximum atomic E-state index is 11.9. The number of hydrogen-bond donors (Lipinski definition) is 1. The van der Waals surface area contributed by atoms with Crippen LogP contribution >= 0.6 is 12.4 Å². The molecule has 0 aromatic heterocycles. The first kappa shape index (κ1) is 13.8. The van der Waals surface area contributed by atoms with Crippen molar-refractivity contribution in [3.63, 3.8) is 0 Å². The van der Waals surface area contributed by atoms with Gasteiger partial charge in [0.1, 0.15) is 11.3 Å². The summed E-state index contributed by atoms with van der Waals surface area (Å²) in [4.78, 5) is 11.9. The molecule has 94 valence electrons. The minimum Gasteiger partial charge on any atom is -0.493 e. The minimum atomic E-state index is -1.06. The van der Waals surface area contributed by atoms with Gasteiger partial charge in [-0.3, -0.25) is 0 Å². The Labute approximate surface area is 106 Å². The fourth-order valence-electron chi connectivity index (χ4n) is 1.89. The van der Waals surface area contributed by atoms with Crippen molar-refractivity contribution >= 4 is 18.4 Å². The third-order valence-corrected chi connectivity index (χ3v) is 2.76. The van der Waals surface area contributed by atoms with Gasteiger partial charge in [0.05, 0.1) is 13.2 Å². The van der Waals surface area contributed by atoms with Crippen LogP contribution in [0.4, 0.5) is 0 Å². The summed E-state index contributed by atoms with van der Waals surface area (Å²) >= 11 is 0. The number of carbonyl (C=O) groups is 1. The van der Waals surface area contributed by atoms with Gasteiger partial charge in [0.25, 0.3) is 0 Å². The number of hydrogen-bond acceptors (Lipinski definition) is 4. The van der Waals surface area contributed by atoms with E-state index in [0.717, 1.165) is 0 Å². The Hall–Kier alpha value is -1.26. The minimum absolute atomic E-state index is 0. The van der Waals surface area contributed by atoms with Gasteiger partial charge in [-0.25, -0.2) is 4.79 Å². The van der Waals surface area contributed by atoms with E-state index in [9.17, 15) is 4.79 Å². The molecule has 0 spiro atoms. The van der Waals surface area contributed by atoms with E-state index in [4.69, 9.17) is 15.2 Å². The molecular weight excluding hydrogens is 242 g/mol. The number of halogens is 1. The Morgan fingerprint density at radius 1 is 1.53 bits per heavy atom. The fraction of sp³-hybridized carbons (Fsp3) is 0.417. The molecule has 0 amide bonds. The molecule has 1 aliphatic heterocycles. The third-order valence-electron chi connectivity index (χ3n) is 2.76. The largest absolute Gasteiger partial charge is 0.493 e. The van der Waals surface area contributed by atoms with Gasteiger partial charge < -0.3 is 15.2 Å². The quantitative estimate of drug-likeness (QED) is 0.818. The Kier molecular flexibility index (Phi) is 4.37. The summed E-state index contributed by atoms with van der Waals surface area (Å²) in [6.45, 7) is 2.54. The van der Waals surface area contributed by atoms with E-state index in [2.05, 4.69) is 0 Å². The number of para-hydroxylation sites is 1. The zero-order valence-corrected chi connectivity index (χ0v) is 10.5. The number of benzene rings is 1. The molecule has 5 heteroatoms. The smallest absolute Gasteiger partial charge is 0.331 e. The number of carbonyl (C=O) groups excluding carboxylic acids is 1. The first-order chi connectivity index (χ1) is 7.68. The third kappa shape index (κ3) is 2.37. The summed E-state index contributed by atoms with van der Waals surface area (Å²) in [5.74, 6) is 0.287. The first-order valence-electron chi connectivity index (χ1n) is 5.37. The van der Waals surface area contributed by atoms with E-state index < -0.39 is 5.54 Å². The number of nitrogens with two attached hydrogens (primary N) is 1. The van der Waals surface area contributed by atoms with Gasteiger partial charge >= 0.3 is 5.97 Å². The van der Waals surface area contributed by atoms with Crippen LogP contribution in [0.15, 0.2) is 24.3 Å². The van der Waals surface area contributed by atoms with E-state index in [-0.39, 0.29) is 18.4 Å². The molecule has 0 bridgehead atoms. The van der Waals surface area contributed by atoms with Gasteiger partial charge in [0.2, 0.25) is 0 Å². The van der Waals surface area contributed by atoms with Gasteiger partial charge in [-0.1, -0.05) is 18.2 Å². The van der Waals surface area contributed by atoms with Gasteiger partial charge in [0.15, 0.2) is 0 Å². The molecule has 0 radical (unpaired) electrons. The summed E-state index contributed by atoms with van der Waals surface area (Å²) in [7, 11) is 0. The highest BCUT2D eigenvalue weighted by atomic mass is 35.5. The lowest BCUT2D eigenvalue weighted by Gasteiger charge is -2.33. The van der Waals surface area contributed by atoms with Gasteiger partial charge in [-0.15, -0.1) is 12.4 Å². The van der Waals surface area contributed by atoms with Crippen LogP contribution in [0.3, 0.4) is 0 Å². The number of rotatable bonds is 2. The maximum Gasteiger partial charge on any atom is 0.331 e. The van der Waals surface area contributed by atoms with Crippen molar-refractivity contribution in [2.75, 3.05) is 13.2 Å². The summed E-state index contributed by atoms with van der Waals surface area (Å²) in [5, 5.41) is 0. The van der Waals surface area contributed by atoms with Crippen LogP contribution in [0, 0.1) is 0 Å². The van der Waals surface area contributed by atoms with Crippen molar-refractivity contribution in [3.8, 4) is 5.75 Å². The number of esters is 1. The average molecular weight is 258 g/mol. The van der Waals surface area contributed by atoms with Gasteiger partial charge in [-0.2, -0.15) is 0 Å². The molecule has 0 saturated carbocycles. The SMILES string of the molecule is CCOC(=O)C1(N)CCOc2ccccc21.Cl. The molecule has 1 unspecified atom stereocenters. The second-order valence-corrected chi connectivity index (χ2v) is 3.79. The molecule has 2 rings (SSSR count). The van der Waals surface area contributed by atoms with Crippen molar-refractivity contribution in [3.05, 3.63) is 29.8 Å². The summed E-state index contributed by atoms with van der Waals surface area (Å²) < 4.78 is 10.5. The van der Waals surface area contributed by atoms with Crippen molar-refractivity contribution in [1.29, 1.82) is 0 Å². The zero-order chi connectivity index (χ0) is 11.6. The van der Waals surface area contributed by atoms with Crippen molar-refractivity contribution < 1.29 is 14.3 Å². The molecule has 1 heterocycles. The van der Waals surface area contributed by atoms with Crippen molar-refractivity contribution in [2.45, 2.75) is 18.9 Å². The molecule has 1 aliphatic rings. The molecule has 1 atom stereocenters. The monoisotopic (exact) mass is 257 g/mol. The highest BCUT2D eigenvalue weighted by molar-refractivity contribution is 5.85. The molecular formula is C12H16ClNO3. The molecule has 1 aromatic rings. The number of fused-ring (bicyclic) bond motifs is 1. The lowest BCUT2D eigenvalue weighted by atomic mass is 9.85. The van der Waals surface area contributed by atoms with Crippen LogP contribution in [-0.2, 0) is 15.1 Å². The van der Waals surface area contributed by atoms with Crippen molar-refractivity contribution in [1.82, 2.24) is 0 Å². The molecule has 0 aliphatic carbocycles. The summed E-state index contributed by atoms with van der Waals surface area (Å²) in [6, 6.07) is 7.32.